The molecule has 2 fully saturated rings. The topological polar surface area (TPSA) is 283 Å². The second kappa shape index (κ2) is 24.1. The molecule has 2 aliphatic rings. The highest BCUT2D eigenvalue weighted by atomic mass is 32.2. The molecule has 2 atom stereocenters. The van der Waals surface area contributed by atoms with Gasteiger partial charge < -0.3 is 14.2 Å². The number of nitrogens with one attached hydrogen (secondary N) is 3. The van der Waals surface area contributed by atoms with Crippen LogP contribution in [-0.2, 0) is 42.7 Å². The molecule has 4 heterocycles. The summed E-state index contributed by atoms with van der Waals surface area (Å²) in [5.74, 6) is 0.137. The summed E-state index contributed by atoms with van der Waals surface area (Å²) in [6, 6.07) is 5.94. The number of hydrogen-bond donors (Lipinski definition) is 5. The first kappa shape index (κ1) is 47.4. The normalized spacial score (nSPS) is 16.3. The van der Waals surface area contributed by atoms with E-state index in [2.05, 4.69) is 39.7 Å². The number of nitrogens with zero attached hydrogens (tertiary/aromatic N) is 6. The van der Waals surface area contributed by atoms with Crippen molar-refractivity contribution in [3.05, 3.63) is 72.5 Å². The zero-order valence-electron chi connectivity index (χ0n) is 34.2. The highest BCUT2D eigenvalue weighted by Gasteiger charge is 2.26. The molecule has 61 heavy (non-hydrogen) atoms. The third-order valence-electron chi connectivity index (χ3n) is 11.2. The minimum atomic E-state index is -3.75. The van der Waals surface area contributed by atoms with Crippen molar-refractivity contribution in [1.29, 1.82) is 0 Å². The fourth-order valence-corrected chi connectivity index (χ4v) is 9.76. The molecule has 0 aromatic carbocycles. The second-order valence-corrected chi connectivity index (χ2v) is 19.3. The second-order valence-electron chi connectivity index (χ2n) is 15.7. The standard InChI is InChI=1S/C20H29N5O5S.C20H28N4O5S/c26-19(24-27)12-16(9-4-8-15-6-2-1-3-7-15)20-23-18(25-30-20)14-22-31(28,29)17-10-5-11-21-13-17;25-19(26)12-16(9-4-8-15-6-2-1-3-7-15)20-23-18(24-29-20)14-22-30(27,28)17-10-5-11-21-13-17/h5,10-11,13,15-16,22,27H,1-4,6-9,12,14H2,(H,24,26);5,10-11,13,15-16,22H,1-4,6-9,12,14H2,(H,25,26)/t2*16-/m11/s1. The predicted molar refractivity (Wildman–Crippen MR) is 218 cm³/mol. The summed E-state index contributed by atoms with van der Waals surface area (Å²) in [4.78, 5) is 39.2. The molecule has 0 radical (unpaired) electrons. The summed E-state index contributed by atoms with van der Waals surface area (Å²) in [5, 5.41) is 25.8. The van der Waals surface area contributed by atoms with Gasteiger partial charge in [-0.05, 0) is 48.9 Å². The fraction of sp³-hybridized carbons (Fsp3) is 0.600. The number of hydroxylamine groups is 1. The van der Waals surface area contributed by atoms with E-state index in [0.717, 1.165) is 37.5 Å². The Balaban J connectivity index is 0.000000231. The van der Waals surface area contributed by atoms with Gasteiger partial charge >= 0.3 is 5.97 Å². The van der Waals surface area contributed by atoms with Crippen molar-refractivity contribution in [2.75, 3.05) is 0 Å². The van der Waals surface area contributed by atoms with Gasteiger partial charge in [-0.25, -0.2) is 31.8 Å². The van der Waals surface area contributed by atoms with Gasteiger partial charge in [0, 0.05) is 43.0 Å². The van der Waals surface area contributed by atoms with E-state index in [1.165, 1.54) is 113 Å². The molecule has 0 bridgehead atoms. The number of aliphatic carboxylic acids is 1. The molecule has 1 amide bonds. The molecule has 0 unspecified atom stereocenters. The van der Waals surface area contributed by atoms with Crippen molar-refractivity contribution in [3.63, 3.8) is 0 Å². The lowest BCUT2D eigenvalue weighted by atomic mass is 9.84. The van der Waals surface area contributed by atoms with E-state index in [4.69, 9.17) is 14.3 Å². The van der Waals surface area contributed by atoms with E-state index in [-0.39, 0.29) is 71.0 Å². The molecule has 0 saturated heterocycles. The number of hydrogen-bond acceptors (Lipinski definition) is 15. The lowest BCUT2D eigenvalue weighted by Crippen LogP contribution is -2.24. The Kier molecular flexibility index (Phi) is 18.7. The largest absolute Gasteiger partial charge is 0.481 e. The Morgan fingerprint density at radius 3 is 1.52 bits per heavy atom. The van der Waals surface area contributed by atoms with Crippen LogP contribution in [0.1, 0.15) is 151 Å². The fourth-order valence-electron chi connectivity index (χ4n) is 7.87. The van der Waals surface area contributed by atoms with Crippen LogP contribution >= 0.6 is 0 Å². The van der Waals surface area contributed by atoms with Gasteiger partial charge in [-0.2, -0.15) is 9.97 Å². The van der Waals surface area contributed by atoms with Crippen LogP contribution in [0.15, 0.2) is 67.9 Å². The average molecular weight is 888 g/mol. The molecule has 0 spiro atoms. The smallest absolute Gasteiger partial charge is 0.304 e. The molecular formula is C40H57N9O10S2. The number of carboxylic acids is 1. The summed E-state index contributed by atoms with van der Waals surface area (Å²) in [7, 11) is -7.49. The number of carbonyl (C=O) groups is 2. The van der Waals surface area contributed by atoms with Gasteiger partial charge in [0.15, 0.2) is 11.6 Å². The van der Waals surface area contributed by atoms with Crippen LogP contribution in [0.5, 0.6) is 0 Å². The quantitative estimate of drug-likeness (QED) is 0.0452. The van der Waals surface area contributed by atoms with Crippen molar-refractivity contribution in [1.82, 2.24) is 45.2 Å². The van der Waals surface area contributed by atoms with E-state index in [0.29, 0.717) is 12.8 Å². The molecular weight excluding hydrogens is 831 g/mol. The van der Waals surface area contributed by atoms with Gasteiger partial charge in [-0.15, -0.1) is 0 Å². The number of sulfonamides is 2. The Bertz CT molecular complexity index is 2140. The van der Waals surface area contributed by atoms with Gasteiger partial charge in [0.1, 0.15) is 9.79 Å². The summed E-state index contributed by atoms with van der Waals surface area (Å²) >= 11 is 0. The highest BCUT2D eigenvalue weighted by molar-refractivity contribution is 7.89. The maximum atomic E-state index is 12.3. The van der Waals surface area contributed by atoms with Gasteiger partial charge in [-0.3, -0.25) is 24.8 Å². The minimum absolute atomic E-state index is 0.0181. The Morgan fingerprint density at radius 1 is 0.689 bits per heavy atom. The zero-order chi connectivity index (χ0) is 43.5. The summed E-state index contributed by atoms with van der Waals surface area (Å²) in [6.07, 6.45) is 23.5. The maximum absolute atomic E-state index is 12.3. The molecule has 19 nitrogen and oxygen atoms in total. The van der Waals surface area contributed by atoms with Crippen LogP contribution in [0.25, 0.3) is 0 Å². The number of aromatic nitrogens is 6. The summed E-state index contributed by atoms with van der Waals surface area (Å²) in [5.41, 5.74) is 1.65. The third kappa shape index (κ3) is 15.9. The predicted octanol–water partition coefficient (Wildman–Crippen LogP) is 5.92. The molecule has 4 aromatic heterocycles. The van der Waals surface area contributed by atoms with E-state index < -0.39 is 31.9 Å². The van der Waals surface area contributed by atoms with Crippen molar-refractivity contribution in [2.24, 2.45) is 11.8 Å². The molecule has 2 aliphatic carbocycles. The van der Waals surface area contributed by atoms with E-state index in [1.54, 1.807) is 5.48 Å². The molecule has 2 saturated carbocycles. The van der Waals surface area contributed by atoms with Gasteiger partial charge in [0.2, 0.25) is 37.7 Å². The van der Waals surface area contributed by atoms with Crippen molar-refractivity contribution < 1.29 is 45.8 Å². The van der Waals surface area contributed by atoms with Gasteiger partial charge in [0.25, 0.3) is 0 Å². The van der Waals surface area contributed by atoms with Gasteiger partial charge in [0.05, 0.1) is 19.5 Å². The van der Waals surface area contributed by atoms with Crippen LogP contribution in [0.2, 0.25) is 0 Å². The van der Waals surface area contributed by atoms with Crippen LogP contribution in [-0.4, -0.2) is 69.3 Å². The number of carbonyl (C=O) groups excluding carboxylic acids is 1. The molecule has 21 heteroatoms. The molecule has 6 rings (SSSR count). The van der Waals surface area contributed by atoms with Crippen LogP contribution in [0.4, 0.5) is 0 Å². The van der Waals surface area contributed by atoms with Crippen molar-refractivity contribution in [2.45, 2.75) is 150 Å². The lowest BCUT2D eigenvalue weighted by molar-refractivity contribution is -0.137. The third-order valence-corrected chi connectivity index (χ3v) is 13.9. The summed E-state index contributed by atoms with van der Waals surface area (Å²) < 4.78 is 64.5. The molecule has 5 N–H and O–H groups in total. The van der Waals surface area contributed by atoms with E-state index >= 15 is 0 Å². The number of rotatable bonds is 22. The number of pyridine rings is 2. The minimum Gasteiger partial charge on any atom is -0.481 e. The lowest BCUT2D eigenvalue weighted by Gasteiger charge is -2.22. The average Bonchev–Trinajstić information content (AvgIpc) is 3.96. The Labute approximate surface area is 356 Å². The van der Waals surface area contributed by atoms with Crippen LogP contribution in [0.3, 0.4) is 0 Å². The first-order chi connectivity index (χ1) is 29.4. The van der Waals surface area contributed by atoms with Crippen molar-refractivity contribution >= 4 is 31.9 Å². The van der Waals surface area contributed by atoms with Crippen LogP contribution in [0, 0.1) is 11.8 Å². The van der Waals surface area contributed by atoms with E-state index in [9.17, 15) is 31.5 Å². The zero-order valence-corrected chi connectivity index (χ0v) is 35.9. The van der Waals surface area contributed by atoms with E-state index in [1.807, 2.05) is 0 Å². The first-order valence-corrected chi connectivity index (χ1v) is 24.0. The molecule has 4 aromatic rings. The number of carboxylic acid groups (broad SMARTS) is 1. The highest BCUT2D eigenvalue weighted by Crippen LogP contribution is 2.32. The Morgan fingerprint density at radius 2 is 1.13 bits per heavy atom. The summed E-state index contributed by atoms with van der Waals surface area (Å²) in [6.45, 7) is -0.301. The monoisotopic (exact) mass is 887 g/mol. The molecule has 0 aliphatic heterocycles. The Hall–Kier alpha value is -4.70. The van der Waals surface area contributed by atoms with Crippen molar-refractivity contribution in [3.8, 4) is 0 Å². The number of amides is 1. The SMILES string of the molecule is O=C(C[C@@H](CCCC1CCCCC1)c1nc(CNS(=O)(=O)c2cccnc2)no1)NO.O=C(O)C[C@@H](CCCC1CCCCC1)c1nc(CNS(=O)(=O)c2cccnc2)no1. The molecule has 334 valence electrons. The maximum Gasteiger partial charge on any atom is 0.304 e. The van der Waals surface area contributed by atoms with Crippen LogP contribution < -0.4 is 14.9 Å². The first-order valence-electron chi connectivity index (χ1n) is 21.0. The van der Waals surface area contributed by atoms with Gasteiger partial charge in [-0.1, -0.05) is 100 Å².